The predicted molar refractivity (Wildman–Crippen MR) is 77.8 cm³/mol. The van der Waals surface area contributed by atoms with E-state index in [0.717, 1.165) is 44.2 Å². The third kappa shape index (κ3) is 4.02. The second-order valence-electron chi connectivity index (χ2n) is 4.98. The highest BCUT2D eigenvalue weighted by molar-refractivity contribution is 9.10. The Bertz CT molecular complexity index is 656. The zero-order chi connectivity index (χ0) is 15.6. The fourth-order valence-corrected chi connectivity index (χ4v) is 3.84. The van der Waals surface area contributed by atoms with Crippen molar-refractivity contribution in [1.82, 2.24) is 0 Å². The van der Waals surface area contributed by atoms with Crippen molar-refractivity contribution >= 4 is 31.9 Å². The highest BCUT2D eigenvalue weighted by Crippen LogP contribution is 2.27. The molecule has 1 aliphatic carbocycles. The van der Waals surface area contributed by atoms with Gasteiger partial charge in [-0.3, -0.25) is 0 Å². The first-order valence-electron chi connectivity index (χ1n) is 6.52. The molecule has 1 aliphatic rings. The number of rotatable bonds is 3. The van der Waals surface area contributed by atoms with E-state index >= 15 is 0 Å². The van der Waals surface area contributed by atoms with E-state index in [9.17, 15) is 17.6 Å². The van der Waals surface area contributed by atoms with Crippen molar-refractivity contribution in [3.8, 4) is 0 Å². The zero-order valence-corrected chi connectivity index (χ0v) is 13.5. The number of hydrogen-bond donors (Lipinski definition) is 1. The Morgan fingerprint density at radius 1 is 1.29 bits per heavy atom. The highest BCUT2D eigenvalue weighted by atomic mass is 79.9. The van der Waals surface area contributed by atoms with Crippen LogP contribution in [0.5, 0.6) is 0 Å². The van der Waals surface area contributed by atoms with Gasteiger partial charge in [-0.1, -0.05) is 6.42 Å². The normalized spacial score (nSPS) is 16.7. The minimum absolute atomic E-state index is 0.162. The molecule has 1 fully saturated rings. The summed E-state index contributed by atoms with van der Waals surface area (Å²) in [5.41, 5.74) is -0.162. The first-order valence-corrected chi connectivity index (χ1v) is 8.86. The van der Waals surface area contributed by atoms with Gasteiger partial charge < -0.3 is 4.74 Å². The number of hydrogen-bond acceptors (Lipinski definition) is 4. The minimum atomic E-state index is -4.14. The molecule has 0 radical (unpaired) electrons. The van der Waals surface area contributed by atoms with Gasteiger partial charge in [-0.05, 0) is 53.7 Å². The van der Waals surface area contributed by atoms with Crippen LogP contribution in [0, 0.1) is 5.82 Å². The van der Waals surface area contributed by atoms with E-state index in [-0.39, 0.29) is 16.1 Å². The average Bonchev–Trinajstić information content (AvgIpc) is 2.41. The van der Waals surface area contributed by atoms with Crippen LogP contribution in [0.4, 0.5) is 4.39 Å². The maximum atomic E-state index is 13.7. The summed E-state index contributed by atoms with van der Waals surface area (Å²) >= 11 is 2.81. The molecular weight excluding hydrogens is 365 g/mol. The standard InChI is InChI=1S/C13H15BrFNO4S/c14-12-10(15)6-8(7-11(12)21(16,18)19)13(17)20-9-4-2-1-3-5-9/h6-7,9H,1-5H2,(H2,16,18,19). The van der Waals surface area contributed by atoms with Crippen molar-refractivity contribution < 1.29 is 22.3 Å². The summed E-state index contributed by atoms with van der Waals surface area (Å²) in [6, 6.07) is 1.96. The van der Waals surface area contributed by atoms with Crippen molar-refractivity contribution in [2.45, 2.75) is 43.1 Å². The summed E-state index contributed by atoms with van der Waals surface area (Å²) in [5.74, 6) is -1.62. The summed E-state index contributed by atoms with van der Waals surface area (Å²) in [6.07, 6.45) is 4.41. The first kappa shape index (κ1) is 16.4. The van der Waals surface area contributed by atoms with Gasteiger partial charge in [0.05, 0.1) is 14.9 Å². The van der Waals surface area contributed by atoms with Gasteiger partial charge in [0.15, 0.2) is 0 Å². The molecule has 0 saturated heterocycles. The molecule has 2 N–H and O–H groups in total. The van der Waals surface area contributed by atoms with Crippen LogP contribution in [-0.4, -0.2) is 20.5 Å². The maximum Gasteiger partial charge on any atom is 0.338 e. The van der Waals surface area contributed by atoms with Crippen LogP contribution in [0.3, 0.4) is 0 Å². The lowest BCUT2D eigenvalue weighted by molar-refractivity contribution is 0.0210. The number of ether oxygens (including phenoxy) is 1. The second-order valence-corrected chi connectivity index (χ2v) is 7.30. The monoisotopic (exact) mass is 379 g/mol. The van der Waals surface area contributed by atoms with Crippen LogP contribution in [-0.2, 0) is 14.8 Å². The molecule has 5 nitrogen and oxygen atoms in total. The van der Waals surface area contributed by atoms with Gasteiger partial charge in [0.25, 0.3) is 0 Å². The van der Waals surface area contributed by atoms with Gasteiger partial charge in [-0.15, -0.1) is 0 Å². The molecular formula is C13H15BrFNO4S. The molecule has 0 unspecified atom stereocenters. The number of halogens is 2. The van der Waals surface area contributed by atoms with Crippen LogP contribution in [0.15, 0.2) is 21.5 Å². The van der Waals surface area contributed by atoms with Crippen LogP contribution < -0.4 is 5.14 Å². The number of benzene rings is 1. The summed E-state index contributed by atoms with van der Waals surface area (Å²) < 4.78 is 41.5. The van der Waals surface area contributed by atoms with Crippen LogP contribution in [0.1, 0.15) is 42.5 Å². The highest BCUT2D eigenvalue weighted by Gasteiger charge is 2.23. The molecule has 0 atom stereocenters. The van der Waals surface area contributed by atoms with Crippen molar-refractivity contribution in [3.63, 3.8) is 0 Å². The first-order chi connectivity index (χ1) is 9.79. The lowest BCUT2D eigenvalue weighted by Crippen LogP contribution is -2.21. The molecule has 0 amide bonds. The summed E-state index contributed by atoms with van der Waals surface area (Å²) in [7, 11) is -4.14. The van der Waals surface area contributed by atoms with E-state index in [1.807, 2.05) is 0 Å². The number of primary sulfonamides is 1. The van der Waals surface area contributed by atoms with E-state index in [0.29, 0.717) is 0 Å². The van der Waals surface area contributed by atoms with Crippen LogP contribution in [0.25, 0.3) is 0 Å². The van der Waals surface area contributed by atoms with E-state index in [4.69, 9.17) is 9.88 Å². The molecule has 0 spiro atoms. The van der Waals surface area contributed by atoms with Crippen molar-refractivity contribution in [1.29, 1.82) is 0 Å². The number of carbonyl (C=O) groups is 1. The molecule has 8 heteroatoms. The maximum absolute atomic E-state index is 13.7. The van der Waals surface area contributed by atoms with Gasteiger partial charge in [-0.2, -0.15) is 0 Å². The molecule has 1 aromatic rings. The van der Waals surface area contributed by atoms with E-state index in [1.165, 1.54) is 0 Å². The molecule has 1 saturated carbocycles. The van der Waals surface area contributed by atoms with Gasteiger partial charge in [0.1, 0.15) is 11.9 Å². The van der Waals surface area contributed by atoms with Gasteiger partial charge in [0, 0.05) is 0 Å². The second kappa shape index (κ2) is 6.41. The molecule has 21 heavy (non-hydrogen) atoms. The molecule has 116 valence electrons. The number of esters is 1. The topological polar surface area (TPSA) is 86.5 Å². The molecule has 1 aromatic carbocycles. The molecule has 0 aromatic heterocycles. The Kier molecular flexibility index (Phi) is 5.00. The average molecular weight is 380 g/mol. The largest absolute Gasteiger partial charge is 0.459 e. The lowest BCUT2D eigenvalue weighted by Gasteiger charge is -2.22. The number of nitrogens with two attached hydrogens (primary N) is 1. The van der Waals surface area contributed by atoms with E-state index in [2.05, 4.69) is 15.9 Å². The fourth-order valence-electron chi connectivity index (χ4n) is 2.29. The van der Waals surface area contributed by atoms with E-state index in [1.54, 1.807) is 0 Å². The zero-order valence-electron chi connectivity index (χ0n) is 11.1. The molecule has 0 bridgehead atoms. The molecule has 0 aliphatic heterocycles. The van der Waals surface area contributed by atoms with Gasteiger partial charge in [0.2, 0.25) is 10.0 Å². The van der Waals surface area contributed by atoms with Gasteiger partial charge >= 0.3 is 5.97 Å². The summed E-state index contributed by atoms with van der Waals surface area (Å²) in [4.78, 5) is 11.5. The Hall–Kier alpha value is -0.990. The predicted octanol–water partition coefficient (Wildman–Crippen LogP) is 2.73. The van der Waals surface area contributed by atoms with E-state index < -0.39 is 26.7 Å². The Balaban J connectivity index is 2.27. The smallest absolute Gasteiger partial charge is 0.338 e. The van der Waals surface area contributed by atoms with Gasteiger partial charge in [-0.25, -0.2) is 22.7 Å². The number of carbonyl (C=O) groups excluding carboxylic acids is 1. The van der Waals surface area contributed by atoms with Crippen molar-refractivity contribution in [2.75, 3.05) is 0 Å². The third-order valence-corrected chi connectivity index (χ3v) is 5.37. The quantitative estimate of drug-likeness (QED) is 0.817. The Morgan fingerprint density at radius 2 is 1.90 bits per heavy atom. The fraction of sp³-hybridized carbons (Fsp3) is 0.462. The minimum Gasteiger partial charge on any atom is -0.459 e. The summed E-state index contributed by atoms with van der Waals surface area (Å²) in [6.45, 7) is 0. The SMILES string of the molecule is NS(=O)(=O)c1cc(C(=O)OC2CCCCC2)cc(F)c1Br. The third-order valence-electron chi connectivity index (χ3n) is 3.36. The van der Waals surface area contributed by atoms with Crippen molar-refractivity contribution in [3.05, 3.63) is 28.0 Å². The Labute approximate surface area is 130 Å². The molecule has 2 rings (SSSR count). The van der Waals surface area contributed by atoms with Crippen molar-refractivity contribution in [2.24, 2.45) is 5.14 Å². The lowest BCUT2D eigenvalue weighted by atomic mass is 9.98. The molecule has 0 heterocycles. The number of sulfonamides is 1. The Morgan fingerprint density at radius 3 is 2.48 bits per heavy atom. The van der Waals surface area contributed by atoms with Crippen LogP contribution in [0.2, 0.25) is 0 Å². The van der Waals surface area contributed by atoms with Crippen LogP contribution >= 0.6 is 15.9 Å². The summed E-state index contributed by atoms with van der Waals surface area (Å²) in [5, 5.41) is 5.00.